The van der Waals surface area contributed by atoms with Crippen molar-refractivity contribution in [3.05, 3.63) is 0 Å². The van der Waals surface area contributed by atoms with Crippen LogP contribution < -0.4 is 5.73 Å². The molecule has 0 rings (SSSR count). The van der Waals surface area contributed by atoms with E-state index in [2.05, 4.69) is 34.6 Å². The third kappa shape index (κ3) is 3.21. The number of nitrogens with zero attached hydrogens (tertiary/aromatic N) is 1. The first kappa shape index (κ1) is 15.4. The third-order valence-corrected chi connectivity index (χ3v) is 3.55. The van der Waals surface area contributed by atoms with Crippen LogP contribution in [0, 0.1) is 5.41 Å². The second-order valence-electron chi connectivity index (χ2n) is 4.78. The Hall–Kier alpha value is -0.570. The molecule has 0 aromatic heterocycles. The summed E-state index contributed by atoms with van der Waals surface area (Å²) in [6.07, 6.45) is 2.65. The molecule has 96 valence electrons. The number of nitrogens with two attached hydrogens (primary N) is 1. The van der Waals surface area contributed by atoms with Gasteiger partial charge in [0.25, 0.3) is 0 Å². The number of rotatable bonds is 7. The van der Waals surface area contributed by atoms with E-state index in [1.54, 1.807) is 0 Å². The van der Waals surface area contributed by atoms with E-state index in [0.29, 0.717) is 6.54 Å². The molecular formula is C13H28N2O. The van der Waals surface area contributed by atoms with Gasteiger partial charge in [0.1, 0.15) is 0 Å². The van der Waals surface area contributed by atoms with Crippen molar-refractivity contribution in [1.82, 2.24) is 4.90 Å². The Bertz CT molecular complexity index is 202. The molecule has 0 saturated carbocycles. The van der Waals surface area contributed by atoms with Crippen molar-refractivity contribution in [1.29, 1.82) is 0 Å². The van der Waals surface area contributed by atoms with E-state index >= 15 is 0 Å². The number of carbonyl (C=O) groups is 1. The van der Waals surface area contributed by atoms with Gasteiger partial charge < -0.3 is 10.6 Å². The van der Waals surface area contributed by atoms with Gasteiger partial charge in [-0.15, -0.1) is 0 Å². The zero-order valence-electron chi connectivity index (χ0n) is 11.5. The molecule has 0 aliphatic heterocycles. The standard InChI is InChI=1S/C13H28N2O/c1-6-9-15(11(4)5)12(16)13(7-2,8-3)10-14/h11H,6-10,14H2,1-5H3. The lowest BCUT2D eigenvalue weighted by Gasteiger charge is -2.37. The number of amides is 1. The molecule has 0 fully saturated rings. The molecule has 0 heterocycles. The molecule has 2 N–H and O–H groups in total. The van der Waals surface area contributed by atoms with Crippen molar-refractivity contribution in [3.8, 4) is 0 Å². The molecule has 16 heavy (non-hydrogen) atoms. The summed E-state index contributed by atoms with van der Waals surface area (Å²) in [5.74, 6) is 0.233. The second-order valence-corrected chi connectivity index (χ2v) is 4.78. The van der Waals surface area contributed by atoms with Gasteiger partial charge in [0.15, 0.2) is 0 Å². The summed E-state index contributed by atoms with van der Waals surface area (Å²) < 4.78 is 0. The van der Waals surface area contributed by atoms with Crippen LogP contribution in [0.2, 0.25) is 0 Å². The largest absolute Gasteiger partial charge is 0.340 e. The smallest absolute Gasteiger partial charge is 0.230 e. The summed E-state index contributed by atoms with van der Waals surface area (Å²) in [6, 6.07) is 0.261. The SMILES string of the molecule is CCCN(C(=O)C(CC)(CC)CN)C(C)C. The van der Waals surface area contributed by atoms with Crippen LogP contribution in [0.25, 0.3) is 0 Å². The molecule has 0 saturated heterocycles. The molecule has 0 spiro atoms. The average Bonchev–Trinajstić information content (AvgIpc) is 2.28. The molecule has 0 bridgehead atoms. The normalized spacial score (nSPS) is 11.9. The predicted molar refractivity (Wildman–Crippen MR) is 69.2 cm³/mol. The summed E-state index contributed by atoms with van der Waals surface area (Å²) >= 11 is 0. The highest BCUT2D eigenvalue weighted by molar-refractivity contribution is 5.83. The highest BCUT2D eigenvalue weighted by Gasteiger charge is 2.37. The molecule has 0 unspecified atom stereocenters. The van der Waals surface area contributed by atoms with Crippen molar-refractivity contribution >= 4 is 5.91 Å². The Morgan fingerprint density at radius 1 is 1.25 bits per heavy atom. The molecule has 3 nitrogen and oxygen atoms in total. The van der Waals surface area contributed by atoms with Gasteiger partial charge in [-0.05, 0) is 33.1 Å². The first-order valence-electron chi connectivity index (χ1n) is 6.50. The Morgan fingerprint density at radius 3 is 2.00 bits per heavy atom. The molecule has 0 aromatic carbocycles. The Morgan fingerprint density at radius 2 is 1.75 bits per heavy atom. The summed E-state index contributed by atoms with van der Waals surface area (Å²) in [7, 11) is 0. The fourth-order valence-corrected chi connectivity index (χ4v) is 2.07. The van der Waals surface area contributed by atoms with E-state index in [-0.39, 0.29) is 17.4 Å². The molecule has 0 aliphatic carbocycles. The van der Waals surface area contributed by atoms with Crippen molar-refractivity contribution in [2.75, 3.05) is 13.1 Å². The lowest BCUT2D eigenvalue weighted by Crippen LogP contribution is -2.50. The average molecular weight is 228 g/mol. The summed E-state index contributed by atoms with van der Waals surface area (Å²) in [5, 5.41) is 0. The highest BCUT2D eigenvalue weighted by Crippen LogP contribution is 2.28. The molecule has 3 heteroatoms. The summed E-state index contributed by atoms with van der Waals surface area (Å²) in [5.41, 5.74) is 5.47. The van der Waals surface area contributed by atoms with Crippen LogP contribution in [0.5, 0.6) is 0 Å². The van der Waals surface area contributed by atoms with E-state index in [4.69, 9.17) is 5.73 Å². The van der Waals surface area contributed by atoms with Crippen LogP contribution in [-0.4, -0.2) is 29.9 Å². The Labute approximate surface area is 100 Å². The van der Waals surface area contributed by atoms with Gasteiger partial charge in [0.2, 0.25) is 5.91 Å². The Kier molecular flexibility index (Phi) is 6.65. The molecular weight excluding hydrogens is 200 g/mol. The first-order valence-corrected chi connectivity index (χ1v) is 6.50. The van der Waals surface area contributed by atoms with Crippen molar-refractivity contribution in [2.24, 2.45) is 11.1 Å². The summed E-state index contributed by atoms with van der Waals surface area (Å²) in [4.78, 5) is 14.5. The predicted octanol–water partition coefficient (Wildman–Crippen LogP) is 2.40. The summed E-state index contributed by atoms with van der Waals surface area (Å²) in [6.45, 7) is 11.6. The van der Waals surface area contributed by atoms with Crippen molar-refractivity contribution in [2.45, 2.75) is 59.9 Å². The first-order chi connectivity index (χ1) is 7.48. The second kappa shape index (κ2) is 6.89. The molecule has 0 aliphatic rings. The fourth-order valence-electron chi connectivity index (χ4n) is 2.07. The minimum atomic E-state index is -0.348. The van der Waals surface area contributed by atoms with E-state index < -0.39 is 0 Å². The zero-order valence-corrected chi connectivity index (χ0v) is 11.5. The highest BCUT2D eigenvalue weighted by atomic mass is 16.2. The van der Waals surface area contributed by atoms with Crippen LogP contribution in [0.15, 0.2) is 0 Å². The monoisotopic (exact) mass is 228 g/mol. The van der Waals surface area contributed by atoms with E-state index in [1.165, 1.54) is 0 Å². The third-order valence-electron chi connectivity index (χ3n) is 3.55. The lowest BCUT2D eigenvalue weighted by atomic mass is 9.80. The van der Waals surface area contributed by atoms with Gasteiger partial charge >= 0.3 is 0 Å². The van der Waals surface area contributed by atoms with Crippen LogP contribution in [-0.2, 0) is 4.79 Å². The minimum absolute atomic E-state index is 0.233. The maximum atomic E-state index is 12.5. The van der Waals surface area contributed by atoms with Gasteiger partial charge in [0.05, 0.1) is 5.41 Å². The van der Waals surface area contributed by atoms with Crippen LogP contribution in [0.4, 0.5) is 0 Å². The van der Waals surface area contributed by atoms with Gasteiger partial charge in [-0.1, -0.05) is 20.8 Å². The molecule has 0 aromatic rings. The van der Waals surface area contributed by atoms with Gasteiger partial charge in [-0.2, -0.15) is 0 Å². The van der Waals surface area contributed by atoms with Crippen molar-refractivity contribution in [3.63, 3.8) is 0 Å². The van der Waals surface area contributed by atoms with E-state index in [0.717, 1.165) is 25.8 Å². The topological polar surface area (TPSA) is 46.3 Å². The molecule has 0 atom stereocenters. The van der Waals surface area contributed by atoms with E-state index in [9.17, 15) is 4.79 Å². The zero-order chi connectivity index (χ0) is 12.8. The fraction of sp³-hybridized carbons (Fsp3) is 0.923. The van der Waals surface area contributed by atoms with Gasteiger partial charge in [-0.3, -0.25) is 4.79 Å². The molecule has 0 radical (unpaired) electrons. The minimum Gasteiger partial charge on any atom is -0.340 e. The number of hydrogen-bond donors (Lipinski definition) is 1. The van der Waals surface area contributed by atoms with Crippen molar-refractivity contribution < 1.29 is 4.79 Å². The van der Waals surface area contributed by atoms with Crippen LogP contribution in [0.1, 0.15) is 53.9 Å². The number of carbonyl (C=O) groups excluding carboxylic acids is 1. The maximum absolute atomic E-state index is 12.5. The van der Waals surface area contributed by atoms with Crippen LogP contribution in [0.3, 0.4) is 0 Å². The quantitative estimate of drug-likeness (QED) is 0.727. The van der Waals surface area contributed by atoms with Gasteiger partial charge in [-0.25, -0.2) is 0 Å². The lowest BCUT2D eigenvalue weighted by molar-refractivity contribution is -0.144. The van der Waals surface area contributed by atoms with Gasteiger partial charge in [0, 0.05) is 19.1 Å². The Balaban J connectivity index is 4.94. The maximum Gasteiger partial charge on any atom is 0.230 e. The number of hydrogen-bond acceptors (Lipinski definition) is 2. The molecule has 1 amide bonds. The van der Waals surface area contributed by atoms with E-state index in [1.807, 2.05) is 4.90 Å². The van der Waals surface area contributed by atoms with Crippen LogP contribution >= 0.6 is 0 Å².